The van der Waals surface area contributed by atoms with Crippen molar-refractivity contribution in [3.63, 3.8) is 0 Å². The van der Waals surface area contributed by atoms with E-state index in [1.807, 2.05) is 13.0 Å². The lowest BCUT2D eigenvalue weighted by atomic mass is 10.2. The number of halogens is 1. The first-order chi connectivity index (χ1) is 10.2. The standard InChI is InChI=1S/C17H21FN2O/c1-3-9-19-12-13-10-14(4-2)20-17(11-13)21-16-8-6-5-7-15(16)18/h5-8,10-11,19H,3-4,9,12H2,1-2H3. The molecule has 0 unspecified atom stereocenters. The summed E-state index contributed by atoms with van der Waals surface area (Å²) in [5.41, 5.74) is 2.04. The molecule has 0 saturated carbocycles. The van der Waals surface area contributed by atoms with Crippen LogP contribution in [0.15, 0.2) is 36.4 Å². The van der Waals surface area contributed by atoms with Gasteiger partial charge in [0, 0.05) is 18.3 Å². The minimum atomic E-state index is -0.383. The molecule has 4 heteroatoms. The molecule has 112 valence electrons. The molecule has 3 nitrogen and oxygen atoms in total. The molecule has 0 amide bonds. The van der Waals surface area contributed by atoms with E-state index < -0.39 is 0 Å². The number of hydrogen-bond donors (Lipinski definition) is 1. The van der Waals surface area contributed by atoms with Crippen molar-refractivity contribution in [1.82, 2.24) is 10.3 Å². The summed E-state index contributed by atoms with van der Waals surface area (Å²) in [6.45, 7) is 5.90. The number of nitrogens with zero attached hydrogens (tertiary/aromatic N) is 1. The molecule has 2 aromatic rings. The molecule has 0 radical (unpaired) electrons. The number of aromatic nitrogens is 1. The lowest BCUT2D eigenvalue weighted by molar-refractivity contribution is 0.425. The van der Waals surface area contributed by atoms with Gasteiger partial charge in [0.1, 0.15) is 0 Å². The fraction of sp³-hybridized carbons (Fsp3) is 0.353. The van der Waals surface area contributed by atoms with Crippen molar-refractivity contribution in [3.05, 3.63) is 53.5 Å². The Bertz CT molecular complexity index is 587. The van der Waals surface area contributed by atoms with E-state index in [-0.39, 0.29) is 11.6 Å². The van der Waals surface area contributed by atoms with E-state index in [0.29, 0.717) is 5.88 Å². The molecular weight excluding hydrogens is 267 g/mol. The largest absolute Gasteiger partial charge is 0.436 e. The van der Waals surface area contributed by atoms with Gasteiger partial charge in [-0.25, -0.2) is 9.37 Å². The second-order valence-corrected chi connectivity index (χ2v) is 4.87. The predicted octanol–water partition coefficient (Wildman–Crippen LogP) is 4.08. The molecule has 0 aliphatic rings. The van der Waals surface area contributed by atoms with Crippen LogP contribution in [0.3, 0.4) is 0 Å². The second kappa shape index (κ2) is 7.74. The Morgan fingerprint density at radius 3 is 2.71 bits per heavy atom. The number of ether oxygens (including phenoxy) is 1. The van der Waals surface area contributed by atoms with E-state index in [1.54, 1.807) is 18.2 Å². The van der Waals surface area contributed by atoms with Gasteiger partial charge in [-0.3, -0.25) is 0 Å². The third-order valence-electron chi connectivity index (χ3n) is 3.08. The molecule has 0 bridgehead atoms. The molecule has 1 aromatic heterocycles. The summed E-state index contributed by atoms with van der Waals surface area (Å²) < 4.78 is 19.2. The van der Waals surface area contributed by atoms with Crippen molar-refractivity contribution in [3.8, 4) is 11.6 Å². The van der Waals surface area contributed by atoms with Gasteiger partial charge in [-0.15, -0.1) is 0 Å². The normalized spacial score (nSPS) is 10.6. The van der Waals surface area contributed by atoms with Crippen LogP contribution in [0.1, 0.15) is 31.5 Å². The first kappa shape index (κ1) is 15.4. The average Bonchev–Trinajstić information content (AvgIpc) is 2.50. The van der Waals surface area contributed by atoms with Crippen molar-refractivity contribution < 1.29 is 9.13 Å². The zero-order valence-electron chi connectivity index (χ0n) is 12.5. The van der Waals surface area contributed by atoms with Crippen LogP contribution in [0, 0.1) is 5.82 Å². The molecule has 0 fully saturated rings. The van der Waals surface area contributed by atoms with Gasteiger partial charge in [-0.05, 0) is 43.1 Å². The molecule has 1 heterocycles. The van der Waals surface area contributed by atoms with E-state index in [9.17, 15) is 4.39 Å². The third kappa shape index (κ3) is 4.53. The first-order valence-electron chi connectivity index (χ1n) is 7.35. The number of nitrogens with one attached hydrogen (secondary N) is 1. The Morgan fingerprint density at radius 1 is 1.19 bits per heavy atom. The van der Waals surface area contributed by atoms with Crippen LogP contribution in [0.5, 0.6) is 11.6 Å². The zero-order valence-corrected chi connectivity index (χ0v) is 12.5. The number of pyridine rings is 1. The summed E-state index contributed by atoms with van der Waals surface area (Å²) in [6, 6.07) is 10.3. The minimum Gasteiger partial charge on any atom is -0.436 e. The Hall–Kier alpha value is -1.94. The van der Waals surface area contributed by atoms with E-state index in [1.165, 1.54) is 6.07 Å². The van der Waals surface area contributed by atoms with Gasteiger partial charge in [0.05, 0.1) is 0 Å². The van der Waals surface area contributed by atoms with Gasteiger partial charge in [0.25, 0.3) is 0 Å². The van der Waals surface area contributed by atoms with Crippen LogP contribution in [0.4, 0.5) is 4.39 Å². The van der Waals surface area contributed by atoms with Crippen molar-refractivity contribution in [2.24, 2.45) is 0 Å². The highest BCUT2D eigenvalue weighted by Crippen LogP contribution is 2.24. The minimum absolute atomic E-state index is 0.200. The van der Waals surface area contributed by atoms with Crippen molar-refractivity contribution >= 4 is 0 Å². The SMILES string of the molecule is CCCNCc1cc(CC)nc(Oc2ccccc2F)c1. The van der Waals surface area contributed by atoms with Crippen molar-refractivity contribution in [1.29, 1.82) is 0 Å². The highest BCUT2D eigenvalue weighted by Gasteiger charge is 2.07. The second-order valence-electron chi connectivity index (χ2n) is 4.87. The molecule has 0 spiro atoms. The van der Waals surface area contributed by atoms with Gasteiger partial charge >= 0.3 is 0 Å². The van der Waals surface area contributed by atoms with Gasteiger partial charge < -0.3 is 10.1 Å². The zero-order chi connectivity index (χ0) is 15.1. The Kier molecular flexibility index (Phi) is 5.69. The van der Waals surface area contributed by atoms with Gasteiger partial charge in [-0.2, -0.15) is 0 Å². The van der Waals surface area contributed by atoms with Crippen LogP contribution < -0.4 is 10.1 Å². The van der Waals surface area contributed by atoms with Crippen molar-refractivity contribution in [2.45, 2.75) is 33.2 Å². The first-order valence-corrected chi connectivity index (χ1v) is 7.35. The maximum Gasteiger partial charge on any atom is 0.219 e. The summed E-state index contributed by atoms with van der Waals surface area (Å²) in [7, 11) is 0. The molecule has 1 aromatic carbocycles. The summed E-state index contributed by atoms with van der Waals surface area (Å²) in [5, 5.41) is 3.35. The topological polar surface area (TPSA) is 34.2 Å². The van der Waals surface area contributed by atoms with Crippen LogP contribution >= 0.6 is 0 Å². The van der Waals surface area contributed by atoms with E-state index in [0.717, 1.165) is 37.2 Å². The summed E-state index contributed by atoms with van der Waals surface area (Å²) in [5.74, 6) is 0.255. The highest BCUT2D eigenvalue weighted by atomic mass is 19.1. The fourth-order valence-corrected chi connectivity index (χ4v) is 2.01. The number of benzene rings is 1. The number of rotatable bonds is 7. The smallest absolute Gasteiger partial charge is 0.219 e. The van der Waals surface area contributed by atoms with E-state index >= 15 is 0 Å². The number of hydrogen-bond acceptors (Lipinski definition) is 3. The van der Waals surface area contributed by atoms with Crippen LogP contribution in [0.25, 0.3) is 0 Å². The Balaban J connectivity index is 2.18. The fourth-order valence-electron chi connectivity index (χ4n) is 2.01. The maximum absolute atomic E-state index is 13.6. The summed E-state index contributed by atoms with van der Waals surface area (Å²) in [4.78, 5) is 4.40. The molecule has 21 heavy (non-hydrogen) atoms. The van der Waals surface area contributed by atoms with Crippen LogP contribution in [0.2, 0.25) is 0 Å². The molecular formula is C17H21FN2O. The lowest BCUT2D eigenvalue weighted by Gasteiger charge is -2.10. The Labute approximate surface area is 125 Å². The summed E-state index contributed by atoms with van der Waals surface area (Å²) >= 11 is 0. The number of para-hydroxylation sites is 1. The van der Waals surface area contributed by atoms with Crippen molar-refractivity contribution in [2.75, 3.05) is 6.54 Å². The van der Waals surface area contributed by atoms with Gasteiger partial charge in [-0.1, -0.05) is 26.0 Å². The molecule has 0 atom stereocenters. The summed E-state index contributed by atoms with van der Waals surface area (Å²) in [6.07, 6.45) is 1.90. The van der Waals surface area contributed by atoms with Crippen LogP contribution in [-0.4, -0.2) is 11.5 Å². The molecule has 0 aliphatic heterocycles. The monoisotopic (exact) mass is 288 g/mol. The predicted molar refractivity (Wildman–Crippen MR) is 82.1 cm³/mol. The molecule has 2 rings (SSSR count). The molecule has 0 aliphatic carbocycles. The third-order valence-corrected chi connectivity index (χ3v) is 3.08. The van der Waals surface area contributed by atoms with Gasteiger partial charge in [0.15, 0.2) is 11.6 Å². The average molecular weight is 288 g/mol. The molecule has 0 saturated heterocycles. The van der Waals surface area contributed by atoms with Crippen LogP contribution in [-0.2, 0) is 13.0 Å². The quantitative estimate of drug-likeness (QED) is 0.780. The highest BCUT2D eigenvalue weighted by molar-refractivity contribution is 5.31. The van der Waals surface area contributed by atoms with Gasteiger partial charge in [0.2, 0.25) is 5.88 Å². The maximum atomic E-state index is 13.6. The number of aryl methyl sites for hydroxylation is 1. The Morgan fingerprint density at radius 2 is 2.00 bits per heavy atom. The molecule has 1 N–H and O–H groups in total. The van der Waals surface area contributed by atoms with E-state index in [4.69, 9.17) is 4.74 Å². The lowest BCUT2D eigenvalue weighted by Crippen LogP contribution is -2.14. The van der Waals surface area contributed by atoms with E-state index in [2.05, 4.69) is 23.3 Å².